The second kappa shape index (κ2) is 8.53. The van der Waals surface area contributed by atoms with E-state index in [9.17, 15) is 0 Å². The number of nitrogens with one attached hydrogen (secondary N) is 1. The summed E-state index contributed by atoms with van der Waals surface area (Å²) >= 11 is 0. The van der Waals surface area contributed by atoms with Gasteiger partial charge in [-0.25, -0.2) is 0 Å². The first kappa shape index (κ1) is 17.3. The van der Waals surface area contributed by atoms with Gasteiger partial charge in [-0.1, -0.05) is 33.1 Å². The monoisotopic (exact) mass is 294 g/mol. The summed E-state index contributed by atoms with van der Waals surface area (Å²) in [6, 6.07) is 0.853. The van der Waals surface area contributed by atoms with Crippen LogP contribution in [-0.4, -0.2) is 37.6 Å². The van der Waals surface area contributed by atoms with E-state index in [1.54, 1.807) is 0 Å². The Hall–Kier alpha value is -0.0800. The predicted octanol–water partition coefficient (Wildman–Crippen LogP) is 4.45. The highest BCUT2D eigenvalue weighted by Gasteiger charge is 2.34. The predicted molar refractivity (Wildman–Crippen MR) is 92.7 cm³/mol. The van der Waals surface area contributed by atoms with Crippen molar-refractivity contribution in [3.63, 3.8) is 0 Å². The molecule has 0 radical (unpaired) electrons. The van der Waals surface area contributed by atoms with Crippen molar-refractivity contribution in [1.29, 1.82) is 0 Å². The zero-order valence-electron chi connectivity index (χ0n) is 14.8. The third-order valence-corrected chi connectivity index (χ3v) is 6.03. The van der Waals surface area contributed by atoms with Crippen molar-refractivity contribution in [2.24, 2.45) is 11.3 Å². The fourth-order valence-electron chi connectivity index (χ4n) is 4.56. The van der Waals surface area contributed by atoms with Gasteiger partial charge in [0.15, 0.2) is 0 Å². The number of nitrogens with zero attached hydrogens (tertiary/aromatic N) is 1. The smallest absolute Gasteiger partial charge is 0.00926 e. The Bertz CT molecular complexity index is 275. The Labute approximate surface area is 133 Å². The van der Waals surface area contributed by atoms with Gasteiger partial charge in [0.05, 0.1) is 0 Å². The molecule has 0 aromatic heterocycles. The highest BCUT2D eigenvalue weighted by molar-refractivity contribution is 4.89. The van der Waals surface area contributed by atoms with Gasteiger partial charge in [0, 0.05) is 19.1 Å². The second-order valence-electron chi connectivity index (χ2n) is 8.07. The zero-order chi connectivity index (χ0) is 15.1. The molecule has 2 heteroatoms. The summed E-state index contributed by atoms with van der Waals surface area (Å²) < 4.78 is 0. The minimum Gasteiger partial charge on any atom is -0.316 e. The molecule has 21 heavy (non-hydrogen) atoms. The number of rotatable bonds is 7. The highest BCUT2D eigenvalue weighted by atomic mass is 15.1. The van der Waals surface area contributed by atoms with Crippen LogP contribution < -0.4 is 5.32 Å². The van der Waals surface area contributed by atoms with Crippen LogP contribution in [0.1, 0.15) is 78.1 Å². The molecule has 0 amide bonds. The quantitative estimate of drug-likeness (QED) is 0.698. The van der Waals surface area contributed by atoms with Crippen LogP contribution in [0.2, 0.25) is 0 Å². The molecule has 0 atom stereocenters. The molecule has 2 fully saturated rings. The molecule has 2 aliphatic carbocycles. The molecule has 2 saturated carbocycles. The zero-order valence-corrected chi connectivity index (χ0v) is 14.8. The molecule has 2 aliphatic rings. The van der Waals surface area contributed by atoms with Gasteiger partial charge in [0.1, 0.15) is 0 Å². The van der Waals surface area contributed by atoms with Crippen LogP contribution in [-0.2, 0) is 0 Å². The van der Waals surface area contributed by atoms with Crippen LogP contribution in [0.4, 0.5) is 0 Å². The van der Waals surface area contributed by atoms with Gasteiger partial charge in [-0.2, -0.15) is 0 Å². The number of hydrogen-bond donors (Lipinski definition) is 1. The van der Waals surface area contributed by atoms with Gasteiger partial charge in [-0.15, -0.1) is 0 Å². The Morgan fingerprint density at radius 1 is 1.05 bits per heavy atom. The SMILES string of the molecule is CCCNCC1(CN(C)C2CCC(C)CC2)CCCCC1. The van der Waals surface area contributed by atoms with Crippen LogP contribution in [0, 0.1) is 11.3 Å². The van der Waals surface area contributed by atoms with E-state index in [1.807, 2.05) is 0 Å². The molecule has 0 spiro atoms. The minimum atomic E-state index is 0.561. The largest absolute Gasteiger partial charge is 0.316 e. The van der Waals surface area contributed by atoms with Crippen LogP contribution in [0.15, 0.2) is 0 Å². The Morgan fingerprint density at radius 2 is 1.71 bits per heavy atom. The molecule has 0 unspecified atom stereocenters. The summed E-state index contributed by atoms with van der Waals surface area (Å²) in [4.78, 5) is 2.73. The molecule has 124 valence electrons. The molecule has 2 nitrogen and oxygen atoms in total. The Morgan fingerprint density at radius 3 is 2.33 bits per heavy atom. The van der Waals surface area contributed by atoms with E-state index in [0.717, 1.165) is 12.0 Å². The Balaban J connectivity index is 1.87. The van der Waals surface area contributed by atoms with Crippen molar-refractivity contribution in [1.82, 2.24) is 10.2 Å². The maximum atomic E-state index is 3.73. The van der Waals surface area contributed by atoms with Crippen molar-refractivity contribution < 1.29 is 0 Å². The van der Waals surface area contributed by atoms with E-state index in [2.05, 4.69) is 31.1 Å². The van der Waals surface area contributed by atoms with E-state index < -0.39 is 0 Å². The first-order chi connectivity index (χ1) is 10.2. The van der Waals surface area contributed by atoms with Gasteiger partial charge >= 0.3 is 0 Å². The lowest BCUT2D eigenvalue weighted by Crippen LogP contribution is -2.48. The molecule has 0 bridgehead atoms. The molecule has 0 aromatic rings. The molecule has 0 aromatic carbocycles. The normalized spacial score (nSPS) is 29.7. The highest BCUT2D eigenvalue weighted by Crippen LogP contribution is 2.38. The maximum absolute atomic E-state index is 3.73. The molecule has 0 saturated heterocycles. The summed E-state index contributed by atoms with van der Waals surface area (Å²) in [5, 5.41) is 3.73. The second-order valence-corrected chi connectivity index (χ2v) is 8.07. The third-order valence-electron chi connectivity index (χ3n) is 6.03. The van der Waals surface area contributed by atoms with Gasteiger partial charge in [-0.05, 0) is 69.9 Å². The maximum Gasteiger partial charge on any atom is 0.00926 e. The molecule has 2 rings (SSSR count). The summed E-state index contributed by atoms with van der Waals surface area (Å²) in [5.74, 6) is 0.963. The molecular formula is C19H38N2. The van der Waals surface area contributed by atoms with Crippen LogP contribution in [0.25, 0.3) is 0 Å². The molecular weight excluding hydrogens is 256 g/mol. The first-order valence-corrected chi connectivity index (χ1v) is 9.56. The van der Waals surface area contributed by atoms with Gasteiger partial charge < -0.3 is 10.2 Å². The van der Waals surface area contributed by atoms with Crippen molar-refractivity contribution in [2.75, 3.05) is 26.7 Å². The van der Waals surface area contributed by atoms with Crippen LogP contribution in [0.5, 0.6) is 0 Å². The lowest BCUT2D eigenvalue weighted by Gasteiger charge is -2.44. The van der Waals surface area contributed by atoms with E-state index >= 15 is 0 Å². The van der Waals surface area contributed by atoms with E-state index in [0.29, 0.717) is 5.41 Å². The minimum absolute atomic E-state index is 0.561. The van der Waals surface area contributed by atoms with Crippen molar-refractivity contribution in [3.8, 4) is 0 Å². The average Bonchev–Trinajstić information content (AvgIpc) is 2.49. The van der Waals surface area contributed by atoms with Crippen LogP contribution in [0.3, 0.4) is 0 Å². The number of hydrogen-bond acceptors (Lipinski definition) is 2. The van der Waals surface area contributed by atoms with E-state index in [4.69, 9.17) is 0 Å². The Kier molecular flexibility index (Phi) is 7.01. The molecule has 1 N–H and O–H groups in total. The first-order valence-electron chi connectivity index (χ1n) is 9.56. The average molecular weight is 295 g/mol. The fraction of sp³-hybridized carbons (Fsp3) is 1.00. The molecule has 0 heterocycles. The van der Waals surface area contributed by atoms with E-state index in [1.165, 1.54) is 83.8 Å². The van der Waals surface area contributed by atoms with Gasteiger partial charge in [0.2, 0.25) is 0 Å². The van der Waals surface area contributed by atoms with Crippen molar-refractivity contribution in [2.45, 2.75) is 84.1 Å². The lowest BCUT2D eigenvalue weighted by atomic mass is 9.73. The fourth-order valence-corrected chi connectivity index (χ4v) is 4.56. The summed E-state index contributed by atoms with van der Waals surface area (Å²) in [7, 11) is 2.40. The molecule has 0 aliphatic heterocycles. The summed E-state index contributed by atoms with van der Waals surface area (Å²) in [6.45, 7) is 8.45. The standard InChI is InChI=1S/C19H38N2/c1-4-14-20-15-19(12-6-5-7-13-19)16-21(3)18-10-8-17(2)9-11-18/h17-18,20H,4-16H2,1-3H3. The van der Waals surface area contributed by atoms with Crippen LogP contribution >= 0.6 is 0 Å². The van der Waals surface area contributed by atoms with Gasteiger partial charge in [-0.3, -0.25) is 0 Å². The van der Waals surface area contributed by atoms with Crippen molar-refractivity contribution in [3.05, 3.63) is 0 Å². The topological polar surface area (TPSA) is 15.3 Å². The summed E-state index contributed by atoms with van der Waals surface area (Å²) in [5.41, 5.74) is 0.561. The van der Waals surface area contributed by atoms with E-state index in [-0.39, 0.29) is 0 Å². The third kappa shape index (κ3) is 5.25. The summed E-state index contributed by atoms with van der Waals surface area (Å²) in [6.07, 6.45) is 14.2. The van der Waals surface area contributed by atoms with Crippen molar-refractivity contribution >= 4 is 0 Å². The van der Waals surface area contributed by atoms with Gasteiger partial charge in [0.25, 0.3) is 0 Å². The lowest BCUT2D eigenvalue weighted by molar-refractivity contribution is 0.0744.